The molecule has 0 aromatic carbocycles. The number of nitrogen functional groups attached to an aromatic ring is 1. The molecule has 68 valence electrons. The van der Waals surface area contributed by atoms with E-state index in [4.69, 9.17) is 15.9 Å². The second kappa shape index (κ2) is 3.83. The zero-order valence-electron chi connectivity index (χ0n) is 6.18. The van der Waals surface area contributed by atoms with E-state index < -0.39 is 6.10 Å². The van der Waals surface area contributed by atoms with Crippen molar-refractivity contribution in [3.8, 4) is 0 Å². The van der Waals surface area contributed by atoms with Gasteiger partial charge in [0, 0.05) is 0 Å². The topological polar surface area (TPSA) is 97.2 Å². The van der Waals surface area contributed by atoms with Gasteiger partial charge in [0.1, 0.15) is 0 Å². The van der Waals surface area contributed by atoms with E-state index in [-0.39, 0.29) is 19.1 Å². The number of nitrogens with two attached hydrogens (primary N) is 1. The Morgan fingerprint density at radius 3 is 2.75 bits per heavy atom. The van der Waals surface area contributed by atoms with Crippen LogP contribution < -0.4 is 5.73 Å². The van der Waals surface area contributed by atoms with Gasteiger partial charge in [0.25, 0.3) is 0 Å². The van der Waals surface area contributed by atoms with Crippen LogP contribution in [0.1, 0.15) is 0 Å². The van der Waals surface area contributed by atoms with Crippen LogP contribution in [0.15, 0.2) is 4.73 Å². The van der Waals surface area contributed by atoms with E-state index in [9.17, 15) is 0 Å². The Labute approximate surface area is 77.1 Å². The molecule has 1 aromatic heterocycles. The number of hydrogen-bond donors (Lipinski definition) is 3. The maximum atomic E-state index is 9.04. The second-order valence-electron chi connectivity index (χ2n) is 2.26. The quantitative estimate of drug-likeness (QED) is 0.624. The number of aliphatic hydroxyl groups is 2. The van der Waals surface area contributed by atoms with Crippen molar-refractivity contribution in [1.29, 1.82) is 0 Å². The summed E-state index contributed by atoms with van der Waals surface area (Å²) in [7, 11) is 0. The summed E-state index contributed by atoms with van der Waals surface area (Å²) in [5.74, 6) is 0.131. The Kier molecular flexibility index (Phi) is 3.01. The first-order chi connectivity index (χ1) is 5.63. The van der Waals surface area contributed by atoms with Gasteiger partial charge in [0.2, 0.25) is 5.95 Å². The highest BCUT2D eigenvalue weighted by atomic mass is 79.9. The van der Waals surface area contributed by atoms with E-state index in [1.54, 1.807) is 0 Å². The molecule has 0 aliphatic heterocycles. The van der Waals surface area contributed by atoms with Gasteiger partial charge in [-0.3, -0.25) is 0 Å². The van der Waals surface area contributed by atoms with Crippen LogP contribution in [-0.4, -0.2) is 37.7 Å². The fourth-order valence-electron chi connectivity index (χ4n) is 0.713. The predicted octanol–water partition coefficient (Wildman–Crippen LogP) is -1.02. The first kappa shape index (κ1) is 9.43. The monoisotopic (exact) mass is 236 g/mol. The van der Waals surface area contributed by atoms with E-state index in [1.807, 2.05) is 0 Å². The van der Waals surface area contributed by atoms with E-state index in [2.05, 4.69) is 26.0 Å². The average Bonchev–Trinajstić information content (AvgIpc) is 2.30. The average molecular weight is 237 g/mol. The van der Waals surface area contributed by atoms with Crippen LogP contribution in [0.25, 0.3) is 0 Å². The van der Waals surface area contributed by atoms with E-state index in [1.165, 1.54) is 4.68 Å². The molecule has 6 nitrogen and oxygen atoms in total. The normalized spacial score (nSPS) is 13.2. The van der Waals surface area contributed by atoms with Crippen LogP contribution in [0.3, 0.4) is 0 Å². The van der Waals surface area contributed by atoms with Crippen molar-refractivity contribution in [2.75, 3.05) is 12.3 Å². The molecule has 0 radical (unpaired) electrons. The zero-order chi connectivity index (χ0) is 9.14. The second-order valence-corrected chi connectivity index (χ2v) is 2.97. The molecule has 4 N–H and O–H groups in total. The van der Waals surface area contributed by atoms with E-state index >= 15 is 0 Å². The first-order valence-corrected chi connectivity index (χ1v) is 4.07. The van der Waals surface area contributed by atoms with Crippen LogP contribution in [0.2, 0.25) is 0 Å². The smallest absolute Gasteiger partial charge is 0.240 e. The fourth-order valence-corrected chi connectivity index (χ4v) is 1.12. The van der Waals surface area contributed by atoms with Gasteiger partial charge in [-0.05, 0) is 15.9 Å². The Morgan fingerprint density at radius 1 is 1.67 bits per heavy atom. The maximum Gasteiger partial charge on any atom is 0.240 e. The molecule has 0 saturated heterocycles. The van der Waals surface area contributed by atoms with Crippen LogP contribution >= 0.6 is 15.9 Å². The fraction of sp³-hybridized carbons (Fsp3) is 0.600. The maximum absolute atomic E-state index is 9.04. The number of rotatable bonds is 3. The van der Waals surface area contributed by atoms with Gasteiger partial charge >= 0.3 is 0 Å². The summed E-state index contributed by atoms with van der Waals surface area (Å²) in [5, 5.41) is 21.3. The van der Waals surface area contributed by atoms with Gasteiger partial charge in [0.15, 0.2) is 4.73 Å². The molecule has 1 aromatic rings. The molecule has 7 heteroatoms. The van der Waals surface area contributed by atoms with Crippen molar-refractivity contribution in [3.05, 3.63) is 4.73 Å². The van der Waals surface area contributed by atoms with Crippen molar-refractivity contribution < 1.29 is 10.2 Å². The SMILES string of the molecule is Nc1nc(Br)n(CC(O)CO)n1. The minimum absolute atomic E-state index is 0.131. The lowest BCUT2D eigenvalue weighted by Gasteiger charge is -2.06. The summed E-state index contributed by atoms with van der Waals surface area (Å²) in [6.07, 6.45) is -0.845. The van der Waals surface area contributed by atoms with Crippen molar-refractivity contribution in [1.82, 2.24) is 14.8 Å². The summed E-state index contributed by atoms with van der Waals surface area (Å²) in [6.45, 7) is -0.145. The van der Waals surface area contributed by atoms with Gasteiger partial charge in [-0.2, -0.15) is 4.98 Å². The third-order valence-corrected chi connectivity index (χ3v) is 1.82. The number of aliphatic hydroxyl groups excluding tert-OH is 2. The van der Waals surface area contributed by atoms with E-state index in [0.29, 0.717) is 4.73 Å². The minimum atomic E-state index is -0.845. The summed E-state index contributed by atoms with van der Waals surface area (Å²) in [5.41, 5.74) is 5.28. The highest BCUT2D eigenvalue weighted by molar-refractivity contribution is 9.10. The molecule has 0 aliphatic rings. The van der Waals surface area contributed by atoms with Crippen molar-refractivity contribution in [2.45, 2.75) is 12.6 Å². The largest absolute Gasteiger partial charge is 0.394 e. The lowest BCUT2D eigenvalue weighted by Crippen LogP contribution is -2.20. The zero-order valence-corrected chi connectivity index (χ0v) is 7.77. The third kappa shape index (κ3) is 2.16. The van der Waals surface area contributed by atoms with Crippen molar-refractivity contribution in [3.63, 3.8) is 0 Å². The summed E-state index contributed by atoms with van der Waals surface area (Å²) in [6, 6.07) is 0. The molecule has 1 heterocycles. The molecule has 0 amide bonds. The molecule has 1 rings (SSSR count). The predicted molar refractivity (Wildman–Crippen MR) is 45.2 cm³/mol. The molecule has 0 saturated carbocycles. The molecule has 0 bridgehead atoms. The molecular formula is C5H9BrN4O2. The van der Waals surface area contributed by atoms with Gasteiger partial charge in [-0.25, -0.2) is 4.68 Å². The Morgan fingerprint density at radius 2 is 2.33 bits per heavy atom. The van der Waals surface area contributed by atoms with Gasteiger partial charge < -0.3 is 15.9 Å². The van der Waals surface area contributed by atoms with Gasteiger partial charge in [-0.15, -0.1) is 5.10 Å². The summed E-state index contributed by atoms with van der Waals surface area (Å²) < 4.78 is 1.81. The molecule has 0 fully saturated rings. The Hall–Kier alpha value is -0.660. The Bertz CT molecular complexity index is 264. The highest BCUT2D eigenvalue weighted by Gasteiger charge is 2.08. The van der Waals surface area contributed by atoms with Crippen LogP contribution in [-0.2, 0) is 6.54 Å². The molecule has 0 aliphatic carbocycles. The van der Waals surface area contributed by atoms with Crippen LogP contribution in [0, 0.1) is 0 Å². The standard InChI is InChI=1S/C5H9BrN4O2/c6-4-8-5(7)9-10(4)1-3(12)2-11/h3,11-12H,1-2H2,(H2,7,9). The number of nitrogens with zero attached hydrogens (tertiary/aromatic N) is 3. The molecule has 0 spiro atoms. The molecular weight excluding hydrogens is 228 g/mol. The molecule has 12 heavy (non-hydrogen) atoms. The Balaban J connectivity index is 2.68. The lowest BCUT2D eigenvalue weighted by atomic mass is 10.4. The van der Waals surface area contributed by atoms with E-state index in [0.717, 1.165) is 0 Å². The van der Waals surface area contributed by atoms with Crippen molar-refractivity contribution in [2.24, 2.45) is 0 Å². The number of anilines is 1. The molecule has 1 atom stereocenters. The van der Waals surface area contributed by atoms with Crippen LogP contribution in [0.5, 0.6) is 0 Å². The summed E-state index contributed by atoms with van der Waals surface area (Å²) in [4.78, 5) is 3.75. The highest BCUT2D eigenvalue weighted by Crippen LogP contribution is 2.08. The van der Waals surface area contributed by atoms with Gasteiger partial charge in [-0.1, -0.05) is 0 Å². The lowest BCUT2D eigenvalue weighted by molar-refractivity contribution is 0.0776. The van der Waals surface area contributed by atoms with Crippen LogP contribution in [0.4, 0.5) is 5.95 Å². The minimum Gasteiger partial charge on any atom is -0.394 e. The van der Waals surface area contributed by atoms with Crippen molar-refractivity contribution >= 4 is 21.9 Å². The summed E-state index contributed by atoms with van der Waals surface area (Å²) >= 11 is 3.09. The third-order valence-electron chi connectivity index (χ3n) is 1.24. The van der Waals surface area contributed by atoms with Gasteiger partial charge in [0.05, 0.1) is 19.3 Å². The number of aromatic nitrogens is 3. The molecule has 1 unspecified atom stereocenters. The number of halogens is 1. The first-order valence-electron chi connectivity index (χ1n) is 3.28. The number of hydrogen-bond acceptors (Lipinski definition) is 5.